The zero-order chi connectivity index (χ0) is 8.81. The fourth-order valence-electron chi connectivity index (χ4n) is 0.673. The van der Waals surface area contributed by atoms with E-state index < -0.39 is 0 Å². The molecule has 0 saturated heterocycles. The van der Waals surface area contributed by atoms with Crippen molar-refractivity contribution in [1.29, 1.82) is 0 Å². The van der Waals surface area contributed by atoms with E-state index in [9.17, 15) is 0 Å². The van der Waals surface area contributed by atoms with Crippen LogP contribution in [0.3, 0.4) is 0 Å². The monoisotopic (exact) mass is 230 g/mol. The first-order valence-electron chi connectivity index (χ1n) is 3.80. The summed E-state index contributed by atoms with van der Waals surface area (Å²) in [4.78, 5) is 8.00. The van der Waals surface area contributed by atoms with E-state index in [1.807, 2.05) is 6.92 Å². The molecule has 3 nitrogen and oxygen atoms in total. The molecule has 0 spiro atoms. The molecule has 0 amide bonds. The molecule has 0 N–H and O–H groups in total. The summed E-state index contributed by atoms with van der Waals surface area (Å²) in [6, 6.07) is 0.460. The van der Waals surface area contributed by atoms with Gasteiger partial charge in [0.1, 0.15) is 0 Å². The Labute approximate surface area is 80.3 Å². The van der Waals surface area contributed by atoms with Gasteiger partial charge in [0.2, 0.25) is 0 Å². The second kappa shape index (κ2) is 5.09. The van der Waals surface area contributed by atoms with Crippen molar-refractivity contribution < 1.29 is 4.74 Å². The molecule has 0 bridgehead atoms. The first-order valence-corrected chi connectivity index (χ1v) is 4.92. The molecular weight excluding hydrogens is 220 g/mol. The molecule has 1 aromatic heterocycles. The summed E-state index contributed by atoms with van der Waals surface area (Å²) in [6.07, 6.45) is 4.46. The van der Waals surface area contributed by atoms with Gasteiger partial charge in [0.25, 0.3) is 0 Å². The van der Waals surface area contributed by atoms with Crippen molar-refractivity contribution in [1.82, 2.24) is 9.97 Å². The van der Waals surface area contributed by atoms with E-state index in [0.29, 0.717) is 12.6 Å². The van der Waals surface area contributed by atoms with Crippen LogP contribution in [0.1, 0.15) is 12.0 Å². The van der Waals surface area contributed by atoms with Gasteiger partial charge in [-0.1, -0.05) is 15.9 Å². The van der Waals surface area contributed by atoms with Crippen molar-refractivity contribution in [3.63, 3.8) is 0 Å². The van der Waals surface area contributed by atoms with E-state index in [0.717, 1.165) is 17.3 Å². The highest BCUT2D eigenvalue weighted by atomic mass is 79.9. The Morgan fingerprint density at radius 1 is 1.42 bits per heavy atom. The van der Waals surface area contributed by atoms with Crippen LogP contribution in [-0.2, 0) is 0 Å². The number of hydrogen-bond acceptors (Lipinski definition) is 3. The summed E-state index contributed by atoms with van der Waals surface area (Å²) in [5.74, 6) is 0. The summed E-state index contributed by atoms with van der Waals surface area (Å²) in [7, 11) is 0. The average molecular weight is 231 g/mol. The third-order valence-corrected chi connectivity index (χ3v) is 1.83. The third-order valence-electron chi connectivity index (χ3n) is 1.27. The van der Waals surface area contributed by atoms with Crippen molar-refractivity contribution in [2.75, 3.05) is 11.9 Å². The lowest BCUT2D eigenvalue weighted by Gasteiger charge is -2.01. The van der Waals surface area contributed by atoms with Gasteiger partial charge in [0, 0.05) is 17.7 Å². The summed E-state index contributed by atoms with van der Waals surface area (Å²) in [6.45, 7) is 2.61. The molecule has 66 valence electrons. The van der Waals surface area contributed by atoms with E-state index in [1.54, 1.807) is 12.4 Å². The SMILES string of the molecule is Cc1cnc(OCCCBr)nc1. The van der Waals surface area contributed by atoms with E-state index in [1.165, 1.54) is 0 Å². The standard InChI is InChI=1S/C8H11BrN2O/c1-7-5-10-8(11-6-7)12-4-2-3-9/h5-6H,2-4H2,1H3. The average Bonchev–Trinajstić information content (AvgIpc) is 2.09. The summed E-state index contributed by atoms with van der Waals surface area (Å²) in [5, 5.41) is 0.943. The van der Waals surface area contributed by atoms with Crippen molar-refractivity contribution in [3.8, 4) is 6.01 Å². The lowest BCUT2D eigenvalue weighted by atomic mass is 10.4. The molecule has 0 aliphatic rings. The summed E-state index contributed by atoms with van der Waals surface area (Å²) < 4.78 is 5.25. The summed E-state index contributed by atoms with van der Waals surface area (Å²) in [5.41, 5.74) is 1.04. The van der Waals surface area contributed by atoms with Gasteiger partial charge in [0.05, 0.1) is 6.61 Å². The molecule has 4 heteroatoms. The first-order chi connectivity index (χ1) is 5.83. The highest BCUT2D eigenvalue weighted by Gasteiger charge is 1.94. The molecule has 1 rings (SSSR count). The van der Waals surface area contributed by atoms with Crippen molar-refractivity contribution in [2.24, 2.45) is 0 Å². The fourth-order valence-corrected chi connectivity index (χ4v) is 0.902. The number of aryl methyl sites for hydroxylation is 1. The lowest BCUT2D eigenvalue weighted by molar-refractivity contribution is 0.293. The Morgan fingerprint density at radius 2 is 2.08 bits per heavy atom. The maximum absolute atomic E-state index is 5.25. The van der Waals surface area contributed by atoms with Crippen LogP contribution in [-0.4, -0.2) is 21.9 Å². The lowest BCUT2D eigenvalue weighted by Crippen LogP contribution is -2.01. The first kappa shape index (κ1) is 9.45. The number of nitrogens with zero attached hydrogens (tertiary/aromatic N) is 2. The van der Waals surface area contributed by atoms with Gasteiger partial charge in [-0.25, -0.2) is 9.97 Å². The second-order valence-corrected chi connectivity index (χ2v) is 3.23. The molecular formula is C8H11BrN2O. The Balaban J connectivity index is 2.37. The zero-order valence-electron chi connectivity index (χ0n) is 6.96. The fraction of sp³-hybridized carbons (Fsp3) is 0.500. The third kappa shape index (κ3) is 3.17. The van der Waals surface area contributed by atoms with E-state index in [-0.39, 0.29) is 0 Å². The number of hydrogen-bond donors (Lipinski definition) is 0. The van der Waals surface area contributed by atoms with Crippen molar-refractivity contribution in [2.45, 2.75) is 13.3 Å². The van der Waals surface area contributed by atoms with Crippen LogP contribution in [0, 0.1) is 6.92 Å². The number of alkyl halides is 1. The molecule has 1 heterocycles. The van der Waals surface area contributed by atoms with Crippen LogP contribution in [0.4, 0.5) is 0 Å². The molecule has 0 fully saturated rings. The Hall–Kier alpha value is -0.640. The van der Waals surface area contributed by atoms with Crippen LogP contribution in [0.2, 0.25) is 0 Å². The van der Waals surface area contributed by atoms with Crippen LogP contribution < -0.4 is 4.74 Å². The van der Waals surface area contributed by atoms with Gasteiger partial charge < -0.3 is 4.74 Å². The van der Waals surface area contributed by atoms with Crippen LogP contribution in [0.15, 0.2) is 12.4 Å². The van der Waals surface area contributed by atoms with Gasteiger partial charge in [0.15, 0.2) is 0 Å². The highest BCUT2D eigenvalue weighted by Crippen LogP contribution is 2.01. The smallest absolute Gasteiger partial charge is 0.316 e. The quantitative estimate of drug-likeness (QED) is 0.586. The van der Waals surface area contributed by atoms with Gasteiger partial charge >= 0.3 is 6.01 Å². The molecule has 0 saturated carbocycles. The normalized spacial score (nSPS) is 9.83. The predicted molar refractivity (Wildman–Crippen MR) is 50.7 cm³/mol. The van der Waals surface area contributed by atoms with Gasteiger partial charge in [-0.05, 0) is 18.9 Å². The Kier molecular flexibility index (Phi) is 4.00. The number of aromatic nitrogens is 2. The minimum atomic E-state index is 0.460. The molecule has 0 aromatic carbocycles. The number of rotatable bonds is 4. The molecule has 0 radical (unpaired) electrons. The number of halogens is 1. The van der Waals surface area contributed by atoms with Crippen molar-refractivity contribution >= 4 is 15.9 Å². The second-order valence-electron chi connectivity index (χ2n) is 2.43. The minimum absolute atomic E-state index is 0.460. The van der Waals surface area contributed by atoms with Crippen LogP contribution >= 0.6 is 15.9 Å². The van der Waals surface area contributed by atoms with Gasteiger partial charge in [-0.15, -0.1) is 0 Å². The topological polar surface area (TPSA) is 35.0 Å². The van der Waals surface area contributed by atoms with Gasteiger partial charge in [-0.2, -0.15) is 0 Å². The van der Waals surface area contributed by atoms with E-state index in [2.05, 4.69) is 25.9 Å². The molecule has 12 heavy (non-hydrogen) atoms. The maximum Gasteiger partial charge on any atom is 0.316 e. The molecule has 1 aromatic rings. The molecule has 0 unspecified atom stereocenters. The van der Waals surface area contributed by atoms with Crippen LogP contribution in [0.5, 0.6) is 6.01 Å². The van der Waals surface area contributed by atoms with E-state index in [4.69, 9.17) is 4.74 Å². The van der Waals surface area contributed by atoms with Crippen LogP contribution in [0.25, 0.3) is 0 Å². The molecule has 0 atom stereocenters. The molecule has 0 aliphatic heterocycles. The highest BCUT2D eigenvalue weighted by molar-refractivity contribution is 9.09. The Bertz CT molecular complexity index is 225. The number of ether oxygens (including phenoxy) is 1. The molecule has 0 aliphatic carbocycles. The van der Waals surface area contributed by atoms with E-state index >= 15 is 0 Å². The van der Waals surface area contributed by atoms with Crippen molar-refractivity contribution in [3.05, 3.63) is 18.0 Å². The zero-order valence-corrected chi connectivity index (χ0v) is 8.54. The maximum atomic E-state index is 5.25. The Morgan fingerprint density at radius 3 is 2.67 bits per heavy atom. The van der Waals surface area contributed by atoms with Gasteiger partial charge in [-0.3, -0.25) is 0 Å². The minimum Gasteiger partial charge on any atom is -0.463 e. The predicted octanol–water partition coefficient (Wildman–Crippen LogP) is 1.95. The largest absolute Gasteiger partial charge is 0.463 e. The summed E-state index contributed by atoms with van der Waals surface area (Å²) >= 11 is 3.31.